The van der Waals surface area contributed by atoms with Gasteiger partial charge < -0.3 is 15.1 Å². The average Bonchev–Trinajstić information content (AvgIpc) is 2.67. The summed E-state index contributed by atoms with van der Waals surface area (Å²) in [5, 5.41) is 4.71. The molecule has 144 valence electrons. The van der Waals surface area contributed by atoms with Crippen molar-refractivity contribution in [1.82, 2.24) is 20.2 Å². The molecule has 1 N–H and O–H groups in total. The first-order valence-electron chi connectivity index (χ1n) is 9.16. The molecule has 0 aliphatic carbocycles. The van der Waals surface area contributed by atoms with Crippen LogP contribution in [0.1, 0.15) is 12.5 Å². The first-order chi connectivity index (χ1) is 13.2. The fraction of sp³-hybridized carbons (Fsp3) is 0.421. The van der Waals surface area contributed by atoms with Gasteiger partial charge in [-0.1, -0.05) is 23.2 Å². The van der Waals surface area contributed by atoms with Crippen molar-refractivity contribution in [2.45, 2.75) is 13.3 Å². The summed E-state index contributed by atoms with van der Waals surface area (Å²) in [5.41, 5.74) is 1.10. The van der Waals surface area contributed by atoms with E-state index in [4.69, 9.17) is 28.2 Å². The van der Waals surface area contributed by atoms with E-state index in [0.29, 0.717) is 16.6 Å². The van der Waals surface area contributed by atoms with Gasteiger partial charge in [-0.2, -0.15) is 0 Å². The SMILES string of the molecule is CCNC(=NCCc1cc(Cl)cc(Cl)c1)N1CCN(c2ncccn2)CC1. The van der Waals surface area contributed by atoms with Gasteiger partial charge in [-0.25, -0.2) is 9.97 Å². The van der Waals surface area contributed by atoms with Gasteiger partial charge in [0.15, 0.2) is 5.96 Å². The van der Waals surface area contributed by atoms with E-state index in [1.54, 1.807) is 18.5 Å². The summed E-state index contributed by atoms with van der Waals surface area (Å²) in [6, 6.07) is 7.46. The van der Waals surface area contributed by atoms with Gasteiger partial charge in [0.2, 0.25) is 5.95 Å². The maximum absolute atomic E-state index is 6.07. The second-order valence-electron chi connectivity index (χ2n) is 6.29. The van der Waals surface area contributed by atoms with Crippen molar-refractivity contribution in [2.24, 2.45) is 4.99 Å². The molecule has 2 aromatic rings. The van der Waals surface area contributed by atoms with Gasteiger partial charge in [-0.15, -0.1) is 0 Å². The van der Waals surface area contributed by atoms with Crippen LogP contribution >= 0.6 is 23.2 Å². The number of anilines is 1. The van der Waals surface area contributed by atoms with Gasteiger partial charge in [0.1, 0.15) is 0 Å². The molecule has 0 atom stereocenters. The summed E-state index contributed by atoms with van der Waals surface area (Å²) in [4.78, 5) is 17.9. The summed E-state index contributed by atoms with van der Waals surface area (Å²) >= 11 is 12.1. The molecule has 0 spiro atoms. The molecule has 8 heteroatoms. The molecule has 1 aliphatic heterocycles. The van der Waals surface area contributed by atoms with Gasteiger partial charge in [-0.05, 0) is 43.2 Å². The number of aromatic nitrogens is 2. The molecule has 0 bridgehead atoms. The number of halogens is 2. The third kappa shape index (κ3) is 5.71. The highest BCUT2D eigenvalue weighted by molar-refractivity contribution is 6.34. The molecule has 1 aromatic heterocycles. The number of rotatable bonds is 5. The minimum Gasteiger partial charge on any atom is -0.357 e. The van der Waals surface area contributed by atoms with Crippen molar-refractivity contribution in [3.63, 3.8) is 0 Å². The number of aliphatic imine (C=N–C) groups is 1. The second kappa shape index (κ2) is 9.76. The molecule has 27 heavy (non-hydrogen) atoms. The van der Waals surface area contributed by atoms with Crippen LogP contribution in [0.5, 0.6) is 0 Å². The molecule has 0 amide bonds. The molecule has 0 radical (unpaired) electrons. The Kier molecular flexibility index (Phi) is 7.12. The predicted octanol–water partition coefficient (Wildman–Crippen LogP) is 3.11. The Morgan fingerprint density at radius 2 is 1.74 bits per heavy atom. The van der Waals surface area contributed by atoms with Gasteiger partial charge in [0.05, 0.1) is 0 Å². The topological polar surface area (TPSA) is 56.7 Å². The Balaban J connectivity index is 1.57. The highest BCUT2D eigenvalue weighted by Gasteiger charge is 2.20. The highest BCUT2D eigenvalue weighted by Crippen LogP contribution is 2.19. The fourth-order valence-electron chi connectivity index (χ4n) is 3.04. The van der Waals surface area contributed by atoms with Gasteiger partial charge >= 0.3 is 0 Å². The molecule has 0 saturated carbocycles. The molecule has 0 unspecified atom stereocenters. The summed E-state index contributed by atoms with van der Waals surface area (Å²) in [6.07, 6.45) is 4.36. The zero-order valence-corrected chi connectivity index (χ0v) is 16.9. The van der Waals surface area contributed by atoms with Gasteiger partial charge in [-0.3, -0.25) is 4.99 Å². The molecule has 6 nitrogen and oxygen atoms in total. The third-order valence-corrected chi connectivity index (χ3v) is 4.77. The Morgan fingerprint density at radius 1 is 1.07 bits per heavy atom. The molecule has 1 fully saturated rings. The largest absolute Gasteiger partial charge is 0.357 e. The van der Waals surface area contributed by atoms with Crippen LogP contribution in [0.2, 0.25) is 10.0 Å². The smallest absolute Gasteiger partial charge is 0.225 e. The van der Waals surface area contributed by atoms with Crippen molar-refractivity contribution in [2.75, 3.05) is 44.2 Å². The van der Waals surface area contributed by atoms with Crippen LogP contribution in [0.15, 0.2) is 41.7 Å². The monoisotopic (exact) mass is 406 g/mol. The predicted molar refractivity (Wildman–Crippen MR) is 112 cm³/mol. The molecule has 1 aromatic carbocycles. The van der Waals surface area contributed by atoms with E-state index in [9.17, 15) is 0 Å². The number of nitrogens with zero attached hydrogens (tertiary/aromatic N) is 5. The second-order valence-corrected chi connectivity index (χ2v) is 7.16. The number of hydrogen-bond acceptors (Lipinski definition) is 4. The van der Waals surface area contributed by atoms with Crippen molar-refractivity contribution >= 4 is 35.1 Å². The number of piperazine rings is 1. The van der Waals surface area contributed by atoms with E-state index < -0.39 is 0 Å². The zero-order valence-electron chi connectivity index (χ0n) is 15.4. The summed E-state index contributed by atoms with van der Waals surface area (Å²) in [5.74, 6) is 1.73. The van der Waals surface area contributed by atoms with E-state index in [0.717, 1.165) is 56.6 Å². The Hall–Kier alpha value is -2.05. The Bertz CT molecular complexity index is 740. The minimum atomic E-state index is 0.660. The number of guanidine groups is 1. The maximum Gasteiger partial charge on any atom is 0.225 e. The average molecular weight is 407 g/mol. The summed E-state index contributed by atoms with van der Waals surface area (Å²) < 4.78 is 0. The Morgan fingerprint density at radius 3 is 2.37 bits per heavy atom. The van der Waals surface area contributed by atoms with Crippen molar-refractivity contribution in [3.8, 4) is 0 Å². The molecule has 2 heterocycles. The van der Waals surface area contributed by atoms with Gasteiger partial charge in [0, 0.05) is 61.7 Å². The van der Waals surface area contributed by atoms with E-state index in [1.807, 2.05) is 18.2 Å². The van der Waals surface area contributed by atoms with Crippen molar-refractivity contribution in [3.05, 3.63) is 52.3 Å². The summed E-state index contributed by atoms with van der Waals surface area (Å²) in [6.45, 7) is 7.11. The summed E-state index contributed by atoms with van der Waals surface area (Å²) in [7, 11) is 0. The van der Waals surface area contributed by atoms with Crippen LogP contribution in [0, 0.1) is 0 Å². The maximum atomic E-state index is 6.07. The Labute approximate surface area is 170 Å². The van der Waals surface area contributed by atoms with Crippen molar-refractivity contribution in [1.29, 1.82) is 0 Å². The highest BCUT2D eigenvalue weighted by atomic mass is 35.5. The van der Waals surface area contributed by atoms with Crippen LogP contribution in [0.3, 0.4) is 0 Å². The number of hydrogen-bond donors (Lipinski definition) is 1. The van der Waals surface area contributed by atoms with Crippen molar-refractivity contribution < 1.29 is 0 Å². The number of nitrogens with one attached hydrogen (secondary N) is 1. The van der Waals surface area contributed by atoms with E-state index in [2.05, 4.69) is 32.0 Å². The minimum absolute atomic E-state index is 0.660. The van der Waals surface area contributed by atoms with Crippen LogP contribution in [-0.2, 0) is 6.42 Å². The molecule has 1 aliphatic rings. The van der Waals surface area contributed by atoms with E-state index in [1.165, 1.54) is 0 Å². The lowest BCUT2D eigenvalue weighted by Gasteiger charge is -2.36. The van der Waals surface area contributed by atoms with Crippen LogP contribution < -0.4 is 10.2 Å². The first-order valence-corrected chi connectivity index (χ1v) is 9.91. The van der Waals surface area contributed by atoms with Gasteiger partial charge in [0.25, 0.3) is 0 Å². The van der Waals surface area contributed by atoms with Crippen LogP contribution in [0.25, 0.3) is 0 Å². The molecule has 1 saturated heterocycles. The fourth-order valence-corrected chi connectivity index (χ4v) is 3.62. The molecular formula is C19H24Cl2N6. The van der Waals surface area contributed by atoms with Crippen LogP contribution in [0.4, 0.5) is 5.95 Å². The molecule has 3 rings (SSSR count). The lowest BCUT2D eigenvalue weighted by atomic mass is 10.1. The van der Waals surface area contributed by atoms with Crippen LogP contribution in [-0.4, -0.2) is 60.1 Å². The zero-order chi connectivity index (χ0) is 19.1. The normalized spacial score (nSPS) is 15.1. The van der Waals surface area contributed by atoms with E-state index >= 15 is 0 Å². The van der Waals surface area contributed by atoms with E-state index in [-0.39, 0.29) is 0 Å². The number of benzene rings is 1. The quantitative estimate of drug-likeness (QED) is 0.610. The molecular weight excluding hydrogens is 383 g/mol. The lowest BCUT2D eigenvalue weighted by molar-refractivity contribution is 0.370. The third-order valence-electron chi connectivity index (χ3n) is 4.33. The first kappa shape index (κ1) is 19.7. The standard InChI is InChI=1S/C19H24Cl2N6/c1-2-22-18(25-7-4-15-12-16(20)14-17(21)13-15)26-8-10-27(11-9-26)19-23-5-3-6-24-19/h3,5-6,12-14H,2,4,7-11H2,1H3,(H,22,25). The lowest BCUT2D eigenvalue weighted by Crippen LogP contribution is -2.53.